The molecule has 2 aliphatic rings. The molecule has 0 saturated carbocycles. The van der Waals surface area contributed by atoms with Crippen molar-refractivity contribution in [3.05, 3.63) is 119 Å². The first-order valence-corrected chi connectivity index (χ1v) is 16.1. The molecule has 0 spiro atoms. The number of alkyl carbamates (subject to hydrolysis) is 2. The molecular formula is C38H37N3O7. The van der Waals surface area contributed by atoms with Crippen LogP contribution in [0.5, 0.6) is 0 Å². The van der Waals surface area contributed by atoms with Crippen LogP contribution in [0.2, 0.25) is 0 Å². The summed E-state index contributed by atoms with van der Waals surface area (Å²) in [5.74, 6) is -1.65. The van der Waals surface area contributed by atoms with E-state index in [0.29, 0.717) is 0 Å². The number of aliphatic carboxylic acids is 1. The molecule has 48 heavy (non-hydrogen) atoms. The fourth-order valence-electron chi connectivity index (χ4n) is 6.62. The van der Waals surface area contributed by atoms with E-state index in [9.17, 15) is 19.2 Å². The van der Waals surface area contributed by atoms with Gasteiger partial charge >= 0.3 is 18.2 Å². The van der Waals surface area contributed by atoms with Crippen molar-refractivity contribution in [3.8, 4) is 22.3 Å². The van der Waals surface area contributed by atoms with Crippen LogP contribution < -0.4 is 10.6 Å². The van der Waals surface area contributed by atoms with Gasteiger partial charge in [-0.25, -0.2) is 9.59 Å². The number of benzene rings is 4. The van der Waals surface area contributed by atoms with Crippen molar-refractivity contribution in [2.45, 2.75) is 24.7 Å². The number of nitrogens with one attached hydrogen (secondary N) is 2. The lowest BCUT2D eigenvalue weighted by molar-refractivity contribution is -0.140. The molecular weight excluding hydrogens is 610 g/mol. The Morgan fingerprint density at radius 2 is 0.917 bits per heavy atom. The summed E-state index contributed by atoms with van der Waals surface area (Å²) < 4.78 is 11.2. The first-order chi connectivity index (χ1) is 23.4. The molecule has 0 atom stereocenters. The van der Waals surface area contributed by atoms with E-state index in [1.54, 1.807) is 0 Å². The zero-order valence-corrected chi connectivity index (χ0v) is 26.4. The Bertz CT molecular complexity index is 1620. The molecule has 246 valence electrons. The van der Waals surface area contributed by atoms with Crippen molar-refractivity contribution < 1.29 is 33.8 Å². The highest BCUT2D eigenvalue weighted by Gasteiger charge is 2.30. The van der Waals surface area contributed by atoms with Crippen LogP contribution in [0.15, 0.2) is 97.1 Å². The van der Waals surface area contributed by atoms with E-state index in [1.165, 1.54) is 4.90 Å². The molecule has 6 rings (SSSR count). The average molecular weight is 648 g/mol. The molecule has 10 nitrogen and oxygen atoms in total. The molecule has 3 amide bonds. The predicted octanol–water partition coefficient (Wildman–Crippen LogP) is 5.76. The Morgan fingerprint density at radius 3 is 1.27 bits per heavy atom. The molecule has 4 aromatic carbocycles. The van der Waals surface area contributed by atoms with Crippen molar-refractivity contribution in [3.63, 3.8) is 0 Å². The summed E-state index contributed by atoms with van der Waals surface area (Å²) in [4.78, 5) is 50.6. The van der Waals surface area contributed by atoms with Crippen LogP contribution in [0.3, 0.4) is 0 Å². The Kier molecular flexibility index (Phi) is 9.99. The van der Waals surface area contributed by atoms with Gasteiger partial charge in [0, 0.05) is 44.4 Å². The average Bonchev–Trinajstić information content (AvgIpc) is 3.60. The minimum Gasteiger partial charge on any atom is -0.481 e. The van der Waals surface area contributed by atoms with Crippen LogP contribution in [-0.2, 0) is 19.1 Å². The summed E-state index contributed by atoms with van der Waals surface area (Å²) in [5, 5.41) is 14.4. The number of hydrogen-bond acceptors (Lipinski definition) is 6. The number of nitrogens with zero attached hydrogens (tertiary/aromatic N) is 1. The number of amides is 3. The van der Waals surface area contributed by atoms with Crippen LogP contribution in [0.4, 0.5) is 9.59 Å². The molecule has 3 N–H and O–H groups in total. The molecule has 2 aliphatic carbocycles. The van der Waals surface area contributed by atoms with Gasteiger partial charge in [-0.15, -0.1) is 0 Å². The van der Waals surface area contributed by atoms with Crippen LogP contribution >= 0.6 is 0 Å². The lowest BCUT2D eigenvalue weighted by Crippen LogP contribution is -2.43. The largest absolute Gasteiger partial charge is 0.481 e. The normalized spacial score (nSPS) is 12.7. The van der Waals surface area contributed by atoms with Crippen molar-refractivity contribution in [1.29, 1.82) is 0 Å². The van der Waals surface area contributed by atoms with E-state index >= 15 is 0 Å². The first kappa shape index (κ1) is 32.3. The predicted molar refractivity (Wildman–Crippen MR) is 180 cm³/mol. The topological polar surface area (TPSA) is 134 Å². The third-order valence-electron chi connectivity index (χ3n) is 8.89. The highest BCUT2D eigenvalue weighted by molar-refractivity contribution is 5.82. The van der Waals surface area contributed by atoms with Crippen LogP contribution in [0.25, 0.3) is 22.3 Å². The number of fused-ring (bicyclic) bond motifs is 6. The fourth-order valence-corrected chi connectivity index (χ4v) is 6.62. The van der Waals surface area contributed by atoms with E-state index in [0.717, 1.165) is 44.5 Å². The lowest BCUT2D eigenvalue weighted by atomic mass is 9.98. The monoisotopic (exact) mass is 647 g/mol. The second-order valence-corrected chi connectivity index (χ2v) is 11.8. The van der Waals surface area contributed by atoms with Gasteiger partial charge in [0.15, 0.2) is 0 Å². The second kappa shape index (κ2) is 14.8. The van der Waals surface area contributed by atoms with E-state index < -0.39 is 24.1 Å². The first-order valence-electron chi connectivity index (χ1n) is 16.1. The molecule has 4 aromatic rings. The number of rotatable bonds is 13. The molecule has 10 heteroatoms. The SMILES string of the molecule is O=C(O)CCC(=O)N(CCNC(=O)OCC1c2ccccc2-c2ccccc21)CCNC(=O)OCC1c2ccccc2-c2ccccc21. The van der Waals surface area contributed by atoms with Crippen LogP contribution in [0.1, 0.15) is 46.9 Å². The second-order valence-electron chi connectivity index (χ2n) is 11.8. The molecule has 0 aromatic heterocycles. The lowest BCUT2D eigenvalue weighted by Gasteiger charge is -2.23. The summed E-state index contributed by atoms with van der Waals surface area (Å²) in [5.41, 5.74) is 8.93. The zero-order valence-electron chi connectivity index (χ0n) is 26.4. The number of carboxylic acids is 1. The number of ether oxygens (including phenoxy) is 2. The quantitative estimate of drug-likeness (QED) is 0.168. The number of carbonyl (C=O) groups is 4. The summed E-state index contributed by atoms with van der Waals surface area (Å²) in [6, 6.07) is 32.2. The van der Waals surface area contributed by atoms with Crippen LogP contribution in [0, 0.1) is 0 Å². The van der Waals surface area contributed by atoms with Gasteiger partial charge in [0.05, 0.1) is 6.42 Å². The molecule has 0 radical (unpaired) electrons. The van der Waals surface area contributed by atoms with E-state index in [1.807, 2.05) is 72.8 Å². The standard InChI is InChI=1S/C38H37N3O7/c42-35(17-18-36(43)44)41(21-19-39-37(45)47-23-33-29-13-5-1-9-25(29)26-10-2-6-14-30(26)33)22-20-40-38(46)48-24-34-31-15-7-3-11-27(31)28-12-4-8-16-32(28)34/h1-16,33-34H,17-24H2,(H,39,45)(H,40,46)(H,43,44). The molecule has 0 bridgehead atoms. The maximum absolute atomic E-state index is 12.8. The summed E-state index contributed by atoms with van der Waals surface area (Å²) in [6.07, 6.45) is -1.77. The van der Waals surface area contributed by atoms with E-state index in [-0.39, 0.29) is 64.1 Å². The summed E-state index contributed by atoms with van der Waals surface area (Å²) in [6.45, 7) is 0.696. The van der Waals surface area contributed by atoms with Gasteiger partial charge in [0.2, 0.25) is 5.91 Å². The zero-order chi connectivity index (χ0) is 33.5. The van der Waals surface area contributed by atoms with Gasteiger partial charge < -0.3 is 30.1 Å². The Morgan fingerprint density at radius 1 is 0.562 bits per heavy atom. The summed E-state index contributed by atoms with van der Waals surface area (Å²) in [7, 11) is 0. The Hall–Kier alpha value is -5.64. The third kappa shape index (κ3) is 7.17. The minimum absolute atomic E-state index is 0.0822. The van der Waals surface area contributed by atoms with Gasteiger partial charge in [-0.2, -0.15) is 0 Å². The minimum atomic E-state index is -1.09. The van der Waals surface area contributed by atoms with E-state index in [2.05, 4.69) is 34.9 Å². The Labute approximate surface area is 278 Å². The highest BCUT2D eigenvalue weighted by atomic mass is 16.6. The molecule has 0 unspecified atom stereocenters. The van der Waals surface area contributed by atoms with Crippen molar-refractivity contribution in [1.82, 2.24) is 15.5 Å². The number of carboxylic acid groups (broad SMARTS) is 1. The maximum atomic E-state index is 12.8. The third-order valence-corrected chi connectivity index (χ3v) is 8.89. The smallest absolute Gasteiger partial charge is 0.407 e. The van der Waals surface area contributed by atoms with Crippen molar-refractivity contribution >= 4 is 24.1 Å². The Balaban J connectivity index is 0.974. The molecule has 0 aliphatic heterocycles. The van der Waals surface area contributed by atoms with Crippen LogP contribution in [-0.4, -0.2) is 73.5 Å². The number of hydrogen-bond donors (Lipinski definition) is 3. The van der Waals surface area contributed by atoms with Gasteiger partial charge in [0.1, 0.15) is 13.2 Å². The fraction of sp³-hybridized carbons (Fsp3) is 0.263. The van der Waals surface area contributed by atoms with Gasteiger partial charge in [-0.05, 0) is 44.5 Å². The van der Waals surface area contributed by atoms with Crippen molar-refractivity contribution in [2.24, 2.45) is 0 Å². The maximum Gasteiger partial charge on any atom is 0.407 e. The van der Waals surface area contributed by atoms with Gasteiger partial charge in [0.25, 0.3) is 0 Å². The van der Waals surface area contributed by atoms with Gasteiger partial charge in [-0.3, -0.25) is 9.59 Å². The molecule has 0 saturated heterocycles. The summed E-state index contributed by atoms with van der Waals surface area (Å²) >= 11 is 0. The number of carbonyl (C=O) groups excluding carboxylic acids is 3. The molecule has 0 heterocycles. The highest BCUT2D eigenvalue weighted by Crippen LogP contribution is 2.45. The van der Waals surface area contributed by atoms with Gasteiger partial charge in [-0.1, -0.05) is 97.1 Å². The van der Waals surface area contributed by atoms with Crippen molar-refractivity contribution in [2.75, 3.05) is 39.4 Å². The van der Waals surface area contributed by atoms with E-state index in [4.69, 9.17) is 14.6 Å². The molecule has 0 fully saturated rings.